The first-order chi connectivity index (χ1) is 10.3. The Bertz CT molecular complexity index is 773. The molecule has 22 heavy (non-hydrogen) atoms. The third-order valence-electron chi connectivity index (χ3n) is 2.92. The van der Waals surface area contributed by atoms with E-state index in [9.17, 15) is 13.2 Å². The van der Waals surface area contributed by atoms with Crippen molar-refractivity contribution in [3.8, 4) is 0 Å². The van der Waals surface area contributed by atoms with Crippen molar-refractivity contribution in [1.29, 1.82) is 0 Å². The van der Waals surface area contributed by atoms with Gasteiger partial charge in [0.15, 0.2) is 0 Å². The fourth-order valence-corrected chi connectivity index (χ4v) is 4.37. The van der Waals surface area contributed by atoms with Crippen molar-refractivity contribution in [1.82, 2.24) is 4.31 Å². The molecule has 1 amide bonds. The molecule has 0 unspecified atom stereocenters. The maximum absolute atomic E-state index is 12.2. The van der Waals surface area contributed by atoms with E-state index in [0.717, 1.165) is 21.2 Å². The monoisotopic (exact) mass is 358 g/mol. The molecule has 0 spiro atoms. The molecule has 1 aromatic carbocycles. The van der Waals surface area contributed by atoms with Crippen LogP contribution in [0.1, 0.15) is 5.56 Å². The molecule has 0 aliphatic rings. The standard InChI is InChI=1S/C14H15ClN2O3S2/c1-10-5-6-12(11(15)8-10)16-13(18)9-17(2)22(19,20)14-4-3-7-21-14/h3-8H,9H2,1-2H3,(H,16,18). The molecule has 1 heterocycles. The van der Waals surface area contributed by atoms with Crippen LogP contribution in [0.5, 0.6) is 0 Å². The summed E-state index contributed by atoms with van der Waals surface area (Å²) >= 11 is 7.15. The molecule has 5 nitrogen and oxygen atoms in total. The maximum atomic E-state index is 12.2. The van der Waals surface area contributed by atoms with Crippen molar-refractivity contribution in [2.24, 2.45) is 0 Å². The van der Waals surface area contributed by atoms with Gasteiger partial charge in [0.05, 0.1) is 17.3 Å². The van der Waals surface area contributed by atoms with Gasteiger partial charge in [-0.1, -0.05) is 23.7 Å². The molecule has 1 aromatic heterocycles. The van der Waals surface area contributed by atoms with Crippen LogP contribution in [0.2, 0.25) is 5.02 Å². The number of likely N-dealkylation sites (N-methyl/N-ethyl adjacent to an activating group) is 1. The second-order valence-corrected chi connectivity index (χ2v) is 8.35. The summed E-state index contributed by atoms with van der Waals surface area (Å²) in [5.41, 5.74) is 1.43. The van der Waals surface area contributed by atoms with Crippen molar-refractivity contribution >= 4 is 44.6 Å². The Morgan fingerprint density at radius 3 is 2.68 bits per heavy atom. The quantitative estimate of drug-likeness (QED) is 0.893. The molecule has 0 aliphatic carbocycles. The number of carbonyl (C=O) groups excluding carboxylic acids is 1. The molecule has 0 radical (unpaired) electrons. The summed E-state index contributed by atoms with van der Waals surface area (Å²) in [6.45, 7) is 1.60. The van der Waals surface area contributed by atoms with Gasteiger partial charge in [0.25, 0.3) is 10.0 Å². The van der Waals surface area contributed by atoms with Gasteiger partial charge >= 0.3 is 0 Å². The lowest BCUT2D eigenvalue weighted by Crippen LogP contribution is -2.34. The van der Waals surface area contributed by atoms with E-state index < -0.39 is 15.9 Å². The fraction of sp³-hybridized carbons (Fsp3) is 0.214. The molecule has 0 saturated carbocycles. The lowest BCUT2D eigenvalue weighted by Gasteiger charge is -2.16. The summed E-state index contributed by atoms with van der Waals surface area (Å²) in [7, 11) is -2.28. The highest BCUT2D eigenvalue weighted by molar-refractivity contribution is 7.91. The van der Waals surface area contributed by atoms with Crippen molar-refractivity contribution in [2.75, 3.05) is 18.9 Å². The van der Waals surface area contributed by atoms with Gasteiger partial charge in [-0.25, -0.2) is 8.42 Å². The first-order valence-corrected chi connectivity index (χ1v) is 9.06. The van der Waals surface area contributed by atoms with E-state index >= 15 is 0 Å². The number of sulfonamides is 1. The molecule has 0 fully saturated rings. The Kier molecular flexibility index (Phi) is 5.23. The molecular weight excluding hydrogens is 344 g/mol. The summed E-state index contributed by atoms with van der Waals surface area (Å²) in [6, 6.07) is 8.38. The second-order valence-electron chi connectivity index (χ2n) is 4.72. The molecule has 0 aliphatic heterocycles. The molecule has 2 aromatic rings. The molecule has 118 valence electrons. The van der Waals surface area contributed by atoms with Crippen LogP contribution in [0.4, 0.5) is 5.69 Å². The highest BCUT2D eigenvalue weighted by Gasteiger charge is 2.23. The minimum absolute atomic E-state index is 0.205. The summed E-state index contributed by atoms with van der Waals surface area (Å²) in [6.07, 6.45) is 0. The van der Waals surface area contributed by atoms with Gasteiger partial charge in [-0.05, 0) is 36.1 Å². The average Bonchev–Trinajstić information content (AvgIpc) is 2.96. The second kappa shape index (κ2) is 6.78. The number of carbonyl (C=O) groups is 1. The number of rotatable bonds is 5. The third-order valence-corrected chi connectivity index (χ3v) is 6.41. The number of thiophene rings is 1. The summed E-state index contributed by atoms with van der Waals surface area (Å²) in [4.78, 5) is 12.0. The Morgan fingerprint density at radius 2 is 2.09 bits per heavy atom. The van der Waals surface area contributed by atoms with Crippen molar-refractivity contribution in [3.63, 3.8) is 0 Å². The predicted molar refractivity (Wildman–Crippen MR) is 89.0 cm³/mol. The topological polar surface area (TPSA) is 66.5 Å². The number of nitrogens with one attached hydrogen (secondary N) is 1. The van der Waals surface area contributed by atoms with E-state index in [1.807, 2.05) is 13.0 Å². The van der Waals surface area contributed by atoms with Gasteiger partial charge in [0, 0.05) is 7.05 Å². The Balaban J connectivity index is 2.06. The average molecular weight is 359 g/mol. The largest absolute Gasteiger partial charge is 0.324 e. The van der Waals surface area contributed by atoms with E-state index in [-0.39, 0.29) is 10.8 Å². The van der Waals surface area contributed by atoms with Gasteiger partial charge < -0.3 is 5.32 Å². The van der Waals surface area contributed by atoms with Crippen LogP contribution < -0.4 is 5.32 Å². The lowest BCUT2D eigenvalue weighted by molar-refractivity contribution is -0.116. The number of aryl methyl sites for hydroxylation is 1. The number of nitrogens with zero attached hydrogens (tertiary/aromatic N) is 1. The zero-order valence-electron chi connectivity index (χ0n) is 12.0. The molecule has 8 heteroatoms. The maximum Gasteiger partial charge on any atom is 0.252 e. The molecular formula is C14H15ClN2O3S2. The van der Waals surface area contributed by atoms with E-state index in [4.69, 9.17) is 11.6 Å². The molecule has 0 saturated heterocycles. The van der Waals surface area contributed by atoms with Crippen LogP contribution in [-0.2, 0) is 14.8 Å². The number of amides is 1. The number of halogens is 1. The van der Waals surface area contributed by atoms with Crippen molar-refractivity contribution < 1.29 is 13.2 Å². The van der Waals surface area contributed by atoms with Crippen LogP contribution >= 0.6 is 22.9 Å². The number of hydrogen-bond donors (Lipinski definition) is 1. The molecule has 0 bridgehead atoms. The predicted octanol–water partition coefficient (Wildman–Crippen LogP) is 2.97. The highest BCUT2D eigenvalue weighted by atomic mass is 35.5. The third kappa shape index (κ3) is 3.86. The molecule has 2 rings (SSSR count). The number of benzene rings is 1. The zero-order valence-corrected chi connectivity index (χ0v) is 14.4. The van der Waals surface area contributed by atoms with Gasteiger partial charge in [0.1, 0.15) is 4.21 Å². The van der Waals surface area contributed by atoms with Crippen LogP contribution in [0, 0.1) is 6.92 Å². The normalized spacial score (nSPS) is 11.6. The minimum Gasteiger partial charge on any atom is -0.324 e. The van der Waals surface area contributed by atoms with Crippen LogP contribution in [0.25, 0.3) is 0 Å². The molecule has 0 atom stereocenters. The van der Waals surface area contributed by atoms with Gasteiger partial charge in [-0.15, -0.1) is 11.3 Å². The SMILES string of the molecule is Cc1ccc(NC(=O)CN(C)S(=O)(=O)c2cccs2)c(Cl)c1. The number of hydrogen-bond acceptors (Lipinski definition) is 4. The first-order valence-electron chi connectivity index (χ1n) is 6.36. The number of anilines is 1. The zero-order chi connectivity index (χ0) is 16.3. The first kappa shape index (κ1) is 17.0. The highest BCUT2D eigenvalue weighted by Crippen LogP contribution is 2.23. The molecule has 1 N–H and O–H groups in total. The summed E-state index contributed by atoms with van der Waals surface area (Å²) in [5, 5.41) is 4.70. The van der Waals surface area contributed by atoms with Gasteiger partial charge in [-0.3, -0.25) is 4.79 Å². The van der Waals surface area contributed by atoms with E-state index in [1.165, 1.54) is 13.1 Å². The lowest BCUT2D eigenvalue weighted by atomic mass is 10.2. The van der Waals surface area contributed by atoms with E-state index in [2.05, 4.69) is 5.32 Å². The van der Waals surface area contributed by atoms with Crippen LogP contribution in [-0.4, -0.2) is 32.2 Å². The van der Waals surface area contributed by atoms with Gasteiger partial charge in [-0.2, -0.15) is 4.31 Å². The smallest absolute Gasteiger partial charge is 0.252 e. The van der Waals surface area contributed by atoms with Crippen molar-refractivity contribution in [3.05, 3.63) is 46.3 Å². The Labute approximate surface area is 138 Å². The Hall–Kier alpha value is -1.41. The van der Waals surface area contributed by atoms with E-state index in [1.54, 1.807) is 23.6 Å². The van der Waals surface area contributed by atoms with Crippen LogP contribution in [0.15, 0.2) is 39.9 Å². The van der Waals surface area contributed by atoms with Crippen LogP contribution in [0.3, 0.4) is 0 Å². The summed E-state index contributed by atoms with van der Waals surface area (Å²) < 4.78 is 25.7. The van der Waals surface area contributed by atoms with Crippen molar-refractivity contribution in [2.45, 2.75) is 11.1 Å². The van der Waals surface area contributed by atoms with E-state index in [0.29, 0.717) is 10.7 Å². The summed E-state index contributed by atoms with van der Waals surface area (Å²) in [5.74, 6) is -0.451. The fourth-order valence-electron chi connectivity index (χ4n) is 1.76. The minimum atomic E-state index is -3.64. The van der Waals surface area contributed by atoms with Gasteiger partial charge in [0.2, 0.25) is 5.91 Å². The Morgan fingerprint density at radius 1 is 1.36 bits per heavy atom.